The first-order chi connectivity index (χ1) is 8.13. The van der Waals surface area contributed by atoms with E-state index >= 15 is 0 Å². The van der Waals surface area contributed by atoms with E-state index in [1.807, 2.05) is 19.1 Å². The SMILES string of the molecule is CCONCC(O)c1ccc(CC(C)C)cc1. The molecule has 1 aromatic rings. The van der Waals surface area contributed by atoms with E-state index in [9.17, 15) is 5.11 Å². The van der Waals surface area contributed by atoms with Crippen LogP contribution in [0.15, 0.2) is 24.3 Å². The van der Waals surface area contributed by atoms with Gasteiger partial charge in [0.25, 0.3) is 0 Å². The van der Waals surface area contributed by atoms with Crippen LogP contribution in [0.25, 0.3) is 0 Å². The molecule has 1 aromatic carbocycles. The molecule has 1 atom stereocenters. The third kappa shape index (κ3) is 5.31. The number of benzene rings is 1. The molecule has 0 amide bonds. The maximum atomic E-state index is 9.88. The molecule has 0 aliphatic heterocycles. The number of aliphatic hydroxyl groups is 1. The van der Waals surface area contributed by atoms with Gasteiger partial charge in [0.2, 0.25) is 0 Å². The van der Waals surface area contributed by atoms with Crippen LogP contribution in [-0.4, -0.2) is 18.3 Å². The standard InChI is InChI=1S/C14H23NO2/c1-4-17-15-10-14(16)13-7-5-12(6-8-13)9-11(2)3/h5-8,11,14-16H,4,9-10H2,1-3H3. The van der Waals surface area contributed by atoms with Crippen molar-refractivity contribution < 1.29 is 9.94 Å². The molecule has 0 aromatic heterocycles. The van der Waals surface area contributed by atoms with Crippen molar-refractivity contribution in [1.82, 2.24) is 5.48 Å². The fourth-order valence-corrected chi connectivity index (χ4v) is 1.71. The molecule has 0 aliphatic carbocycles. The molecule has 0 fully saturated rings. The Hall–Kier alpha value is -0.900. The van der Waals surface area contributed by atoms with Crippen LogP contribution >= 0.6 is 0 Å². The number of aliphatic hydroxyl groups excluding tert-OH is 1. The van der Waals surface area contributed by atoms with Crippen LogP contribution in [0.3, 0.4) is 0 Å². The van der Waals surface area contributed by atoms with Gasteiger partial charge in [-0.15, -0.1) is 0 Å². The second kappa shape index (κ2) is 7.43. The minimum Gasteiger partial charge on any atom is -0.387 e. The van der Waals surface area contributed by atoms with Gasteiger partial charge in [-0.05, 0) is 30.4 Å². The Morgan fingerprint density at radius 1 is 1.24 bits per heavy atom. The Labute approximate surface area is 104 Å². The van der Waals surface area contributed by atoms with E-state index in [1.54, 1.807) is 0 Å². The molecule has 0 spiro atoms. The minimum atomic E-state index is -0.519. The van der Waals surface area contributed by atoms with Gasteiger partial charge in [-0.2, -0.15) is 5.48 Å². The average Bonchev–Trinajstić information content (AvgIpc) is 2.29. The first-order valence-electron chi connectivity index (χ1n) is 6.25. The van der Waals surface area contributed by atoms with Gasteiger partial charge in [-0.1, -0.05) is 38.1 Å². The van der Waals surface area contributed by atoms with Gasteiger partial charge in [0.05, 0.1) is 19.3 Å². The molecular formula is C14H23NO2. The normalized spacial score (nSPS) is 13.0. The summed E-state index contributed by atoms with van der Waals surface area (Å²) in [6.07, 6.45) is 0.558. The molecule has 1 rings (SSSR count). The van der Waals surface area contributed by atoms with Crippen molar-refractivity contribution in [3.05, 3.63) is 35.4 Å². The lowest BCUT2D eigenvalue weighted by Crippen LogP contribution is -2.21. The molecule has 0 radical (unpaired) electrons. The summed E-state index contributed by atoms with van der Waals surface area (Å²) in [5.74, 6) is 0.658. The first kappa shape index (κ1) is 14.2. The fourth-order valence-electron chi connectivity index (χ4n) is 1.71. The topological polar surface area (TPSA) is 41.5 Å². The predicted molar refractivity (Wildman–Crippen MR) is 69.6 cm³/mol. The molecule has 0 aliphatic rings. The first-order valence-corrected chi connectivity index (χ1v) is 6.25. The van der Waals surface area contributed by atoms with Crippen molar-refractivity contribution in [2.24, 2.45) is 5.92 Å². The van der Waals surface area contributed by atoms with E-state index in [-0.39, 0.29) is 0 Å². The molecular weight excluding hydrogens is 214 g/mol. The Balaban J connectivity index is 2.48. The van der Waals surface area contributed by atoms with Gasteiger partial charge in [0.1, 0.15) is 0 Å². The zero-order valence-electron chi connectivity index (χ0n) is 10.9. The zero-order chi connectivity index (χ0) is 12.7. The second-order valence-corrected chi connectivity index (χ2v) is 4.64. The summed E-state index contributed by atoms with van der Waals surface area (Å²) in [5.41, 5.74) is 4.96. The van der Waals surface area contributed by atoms with Crippen molar-refractivity contribution >= 4 is 0 Å². The summed E-state index contributed by atoms with van der Waals surface area (Å²) in [5, 5.41) is 9.88. The Kier molecular flexibility index (Phi) is 6.19. The summed E-state index contributed by atoms with van der Waals surface area (Å²) < 4.78 is 0. The van der Waals surface area contributed by atoms with E-state index < -0.39 is 6.10 Å². The molecule has 0 saturated heterocycles. The van der Waals surface area contributed by atoms with Crippen LogP contribution in [0.5, 0.6) is 0 Å². The van der Waals surface area contributed by atoms with E-state index in [4.69, 9.17) is 4.84 Å². The van der Waals surface area contributed by atoms with Gasteiger partial charge in [0.15, 0.2) is 0 Å². The van der Waals surface area contributed by atoms with Gasteiger partial charge >= 0.3 is 0 Å². The minimum absolute atomic E-state index is 0.414. The van der Waals surface area contributed by atoms with E-state index in [1.165, 1.54) is 5.56 Å². The highest BCUT2D eigenvalue weighted by Gasteiger charge is 2.07. The van der Waals surface area contributed by atoms with Crippen LogP contribution in [0.1, 0.15) is 38.0 Å². The molecule has 1 unspecified atom stereocenters. The monoisotopic (exact) mass is 237 g/mol. The summed E-state index contributed by atoms with van der Waals surface area (Å²) in [6, 6.07) is 8.13. The maximum Gasteiger partial charge on any atom is 0.0937 e. The largest absolute Gasteiger partial charge is 0.387 e. The number of hydrogen-bond acceptors (Lipinski definition) is 3. The fraction of sp³-hybridized carbons (Fsp3) is 0.571. The highest BCUT2D eigenvalue weighted by Crippen LogP contribution is 2.15. The second-order valence-electron chi connectivity index (χ2n) is 4.64. The maximum absolute atomic E-state index is 9.88. The van der Waals surface area contributed by atoms with Crippen molar-refractivity contribution in [3.63, 3.8) is 0 Å². The van der Waals surface area contributed by atoms with Crippen LogP contribution in [-0.2, 0) is 11.3 Å². The van der Waals surface area contributed by atoms with Crippen LogP contribution in [0.2, 0.25) is 0 Å². The Morgan fingerprint density at radius 3 is 2.41 bits per heavy atom. The van der Waals surface area contributed by atoms with Gasteiger partial charge in [-0.3, -0.25) is 0 Å². The molecule has 0 saturated carbocycles. The third-order valence-electron chi connectivity index (χ3n) is 2.53. The lowest BCUT2D eigenvalue weighted by Gasteiger charge is -2.12. The number of rotatable bonds is 7. The predicted octanol–water partition coefficient (Wildman–Crippen LogP) is 2.46. The highest BCUT2D eigenvalue weighted by molar-refractivity contribution is 5.24. The van der Waals surface area contributed by atoms with Crippen molar-refractivity contribution in [1.29, 1.82) is 0 Å². The van der Waals surface area contributed by atoms with Gasteiger partial charge in [0, 0.05) is 0 Å². The molecule has 3 heteroatoms. The molecule has 3 nitrogen and oxygen atoms in total. The number of nitrogens with one attached hydrogen (secondary N) is 1. The Bertz CT molecular complexity index is 309. The number of hydroxylamine groups is 1. The van der Waals surface area contributed by atoms with Crippen molar-refractivity contribution in [2.45, 2.75) is 33.3 Å². The Morgan fingerprint density at radius 2 is 1.88 bits per heavy atom. The van der Waals surface area contributed by atoms with E-state index in [0.717, 1.165) is 12.0 Å². The van der Waals surface area contributed by atoms with Crippen LogP contribution < -0.4 is 5.48 Å². The van der Waals surface area contributed by atoms with Crippen LogP contribution in [0, 0.1) is 5.92 Å². The molecule has 2 N–H and O–H groups in total. The average molecular weight is 237 g/mol. The van der Waals surface area contributed by atoms with Crippen molar-refractivity contribution in [3.8, 4) is 0 Å². The molecule has 0 bridgehead atoms. The third-order valence-corrected chi connectivity index (χ3v) is 2.53. The van der Waals surface area contributed by atoms with Crippen LogP contribution in [0.4, 0.5) is 0 Å². The summed E-state index contributed by atoms with van der Waals surface area (Å²) >= 11 is 0. The smallest absolute Gasteiger partial charge is 0.0937 e. The number of hydrogen-bond donors (Lipinski definition) is 2. The summed E-state index contributed by atoms with van der Waals surface area (Å²) in [6.45, 7) is 7.32. The molecule has 17 heavy (non-hydrogen) atoms. The van der Waals surface area contributed by atoms with E-state index in [2.05, 4.69) is 31.5 Å². The van der Waals surface area contributed by atoms with Crippen molar-refractivity contribution in [2.75, 3.05) is 13.2 Å². The van der Waals surface area contributed by atoms with Gasteiger partial charge < -0.3 is 9.94 Å². The summed E-state index contributed by atoms with van der Waals surface area (Å²) in [7, 11) is 0. The quantitative estimate of drug-likeness (QED) is 0.565. The molecule has 0 heterocycles. The molecule has 96 valence electrons. The zero-order valence-corrected chi connectivity index (χ0v) is 10.9. The lowest BCUT2D eigenvalue weighted by molar-refractivity contribution is 0.0209. The van der Waals surface area contributed by atoms with E-state index in [0.29, 0.717) is 19.1 Å². The summed E-state index contributed by atoms with van der Waals surface area (Å²) in [4.78, 5) is 4.99. The highest BCUT2D eigenvalue weighted by atomic mass is 16.6. The van der Waals surface area contributed by atoms with Gasteiger partial charge in [-0.25, -0.2) is 0 Å². The lowest BCUT2D eigenvalue weighted by atomic mass is 10.0.